The van der Waals surface area contributed by atoms with Gasteiger partial charge in [0.1, 0.15) is 5.76 Å². The minimum atomic E-state index is -0.151. The second kappa shape index (κ2) is 4.69. The van der Waals surface area contributed by atoms with Crippen molar-refractivity contribution in [2.75, 3.05) is 5.73 Å². The highest BCUT2D eigenvalue weighted by atomic mass is 35.5. The first-order chi connectivity index (χ1) is 9.59. The van der Waals surface area contributed by atoms with Crippen molar-refractivity contribution < 1.29 is 4.42 Å². The summed E-state index contributed by atoms with van der Waals surface area (Å²) >= 11 is 6.09. The Labute approximate surface area is 120 Å². The van der Waals surface area contributed by atoms with Crippen LogP contribution >= 0.6 is 11.6 Å². The van der Waals surface area contributed by atoms with E-state index in [0.717, 1.165) is 5.56 Å². The Balaban J connectivity index is 2.46. The van der Waals surface area contributed by atoms with Crippen molar-refractivity contribution in [3.05, 3.63) is 63.3 Å². The van der Waals surface area contributed by atoms with Gasteiger partial charge in [0.15, 0.2) is 11.0 Å². The van der Waals surface area contributed by atoms with Crippen molar-refractivity contribution in [1.29, 1.82) is 0 Å². The molecule has 2 aromatic carbocycles. The van der Waals surface area contributed by atoms with Gasteiger partial charge < -0.3 is 10.2 Å². The molecule has 0 atom stereocenters. The first kappa shape index (κ1) is 12.8. The van der Waals surface area contributed by atoms with Crippen LogP contribution in [0.1, 0.15) is 5.56 Å². The quantitative estimate of drug-likeness (QED) is 0.687. The molecule has 0 bridgehead atoms. The van der Waals surface area contributed by atoms with Gasteiger partial charge in [-0.05, 0) is 19.1 Å². The van der Waals surface area contributed by atoms with Gasteiger partial charge in [0.05, 0.1) is 16.1 Å². The number of nitrogen functional groups attached to an aromatic ring is 1. The molecule has 1 heterocycles. The first-order valence-corrected chi connectivity index (χ1v) is 6.54. The molecule has 3 rings (SSSR count). The number of rotatable bonds is 1. The monoisotopic (exact) mass is 285 g/mol. The molecule has 0 spiro atoms. The van der Waals surface area contributed by atoms with E-state index in [4.69, 9.17) is 21.8 Å². The maximum absolute atomic E-state index is 12.5. The summed E-state index contributed by atoms with van der Waals surface area (Å²) in [6.45, 7) is 1.73. The van der Waals surface area contributed by atoms with E-state index in [-0.39, 0.29) is 5.43 Å². The fraction of sp³-hybridized carbons (Fsp3) is 0.0625. The molecule has 1 aromatic heterocycles. The third-order valence-electron chi connectivity index (χ3n) is 3.29. The predicted octanol–water partition coefficient (Wildman–Crippen LogP) is 4.00. The van der Waals surface area contributed by atoms with Crippen molar-refractivity contribution in [3.8, 4) is 11.3 Å². The predicted molar refractivity (Wildman–Crippen MR) is 82.1 cm³/mol. The average molecular weight is 286 g/mol. The fourth-order valence-electron chi connectivity index (χ4n) is 2.23. The van der Waals surface area contributed by atoms with Crippen molar-refractivity contribution in [2.45, 2.75) is 6.92 Å². The molecule has 4 heteroatoms. The standard InChI is InChI=1S/C16H12ClNO2/c1-9-14(19)13-11(17)7-8-12(18)16(13)20-15(9)10-5-3-2-4-6-10/h2-8H,18H2,1H3. The molecule has 0 aliphatic heterocycles. The number of nitrogens with two attached hydrogens (primary N) is 1. The Bertz CT molecular complexity index is 854. The Morgan fingerprint density at radius 1 is 1.10 bits per heavy atom. The zero-order valence-electron chi connectivity index (χ0n) is 10.8. The average Bonchev–Trinajstić information content (AvgIpc) is 2.47. The summed E-state index contributed by atoms with van der Waals surface area (Å²) < 4.78 is 5.86. The molecular formula is C16H12ClNO2. The van der Waals surface area contributed by atoms with Crippen LogP contribution in [-0.2, 0) is 0 Å². The highest BCUT2D eigenvalue weighted by Crippen LogP contribution is 2.31. The molecule has 0 aliphatic carbocycles. The minimum Gasteiger partial charge on any atom is -0.453 e. The molecule has 0 amide bonds. The molecule has 0 radical (unpaired) electrons. The number of halogens is 1. The second-order valence-corrected chi connectivity index (χ2v) is 5.00. The van der Waals surface area contributed by atoms with Gasteiger partial charge in [0.25, 0.3) is 0 Å². The third-order valence-corrected chi connectivity index (χ3v) is 3.60. The Hall–Kier alpha value is -2.26. The summed E-state index contributed by atoms with van der Waals surface area (Å²) in [5.74, 6) is 0.525. The third kappa shape index (κ3) is 1.87. The van der Waals surface area contributed by atoms with Crippen LogP contribution in [0.4, 0.5) is 5.69 Å². The molecule has 20 heavy (non-hydrogen) atoms. The summed E-state index contributed by atoms with van der Waals surface area (Å²) in [6.07, 6.45) is 0. The number of hydrogen-bond acceptors (Lipinski definition) is 3. The Morgan fingerprint density at radius 2 is 1.80 bits per heavy atom. The van der Waals surface area contributed by atoms with E-state index in [1.807, 2.05) is 30.3 Å². The van der Waals surface area contributed by atoms with Crippen LogP contribution < -0.4 is 11.2 Å². The van der Waals surface area contributed by atoms with Gasteiger partial charge in [0.2, 0.25) is 0 Å². The molecule has 3 aromatic rings. The van der Waals surface area contributed by atoms with E-state index in [0.29, 0.717) is 33.0 Å². The molecule has 0 saturated carbocycles. The molecule has 100 valence electrons. The van der Waals surface area contributed by atoms with Crippen LogP contribution in [0.15, 0.2) is 51.7 Å². The lowest BCUT2D eigenvalue weighted by molar-refractivity contribution is 0.615. The lowest BCUT2D eigenvalue weighted by Crippen LogP contribution is -2.08. The largest absolute Gasteiger partial charge is 0.453 e. The SMILES string of the molecule is Cc1c(-c2ccccc2)oc2c(N)ccc(Cl)c2c1=O. The van der Waals surface area contributed by atoms with Gasteiger partial charge in [-0.15, -0.1) is 0 Å². The molecule has 0 aliphatic rings. The Morgan fingerprint density at radius 3 is 2.50 bits per heavy atom. The van der Waals surface area contributed by atoms with E-state index in [1.165, 1.54) is 0 Å². The maximum atomic E-state index is 12.5. The number of anilines is 1. The van der Waals surface area contributed by atoms with E-state index in [1.54, 1.807) is 19.1 Å². The van der Waals surface area contributed by atoms with Crippen molar-refractivity contribution in [3.63, 3.8) is 0 Å². The fourth-order valence-corrected chi connectivity index (χ4v) is 2.47. The summed E-state index contributed by atoms with van der Waals surface area (Å²) in [7, 11) is 0. The molecule has 2 N–H and O–H groups in total. The van der Waals surface area contributed by atoms with Gasteiger partial charge in [-0.2, -0.15) is 0 Å². The van der Waals surface area contributed by atoms with Crippen molar-refractivity contribution in [2.24, 2.45) is 0 Å². The summed E-state index contributed by atoms with van der Waals surface area (Å²) in [4.78, 5) is 12.5. The zero-order valence-corrected chi connectivity index (χ0v) is 11.6. The van der Waals surface area contributed by atoms with Crippen LogP contribution in [0.2, 0.25) is 5.02 Å². The molecule has 3 nitrogen and oxygen atoms in total. The number of benzene rings is 2. The van der Waals surface area contributed by atoms with Gasteiger partial charge in [-0.25, -0.2) is 0 Å². The molecule has 0 saturated heterocycles. The number of fused-ring (bicyclic) bond motifs is 1. The van der Waals surface area contributed by atoms with E-state index in [2.05, 4.69) is 0 Å². The second-order valence-electron chi connectivity index (χ2n) is 4.59. The summed E-state index contributed by atoms with van der Waals surface area (Å²) in [5.41, 5.74) is 7.85. The van der Waals surface area contributed by atoms with E-state index < -0.39 is 0 Å². The molecule has 0 fully saturated rings. The van der Waals surface area contributed by atoms with Crippen molar-refractivity contribution >= 4 is 28.3 Å². The normalized spacial score (nSPS) is 10.9. The number of hydrogen-bond donors (Lipinski definition) is 1. The van der Waals surface area contributed by atoms with Crippen LogP contribution in [0.25, 0.3) is 22.3 Å². The van der Waals surface area contributed by atoms with Gasteiger partial charge in [-0.3, -0.25) is 4.79 Å². The summed E-state index contributed by atoms with van der Waals surface area (Å²) in [6, 6.07) is 12.7. The lowest BCUT2D eigenvalue weighted by Gasteiger charge is -2.09. The topological polar surface area (TPSA) is 56.2 Å². The maximum Gasteiger partial charge on any atom is 0.197 e. The van der Waals surface area contributed by atoms with Gasteiger partial charge in [-0.1, -0.05) is 41.9 Å². The highest BCUT2D eigenvalue weighted by molar-refractivity contribution is 6.35. The van der Waals surface area contributed by atoms with Crippen LogP contribution in [0.3, 0.4) is 0 Å². The first-order valence-electron chi connectivity index (χ1n) is 6.16. The van der Waals surface area contributed by atoms with Crippen LogP contribution in [0, 0.1) is 6.92 Å². The van der Waals surface area contributed by atoms with Crippen molar-refractivity contribution in [1.82, 2.24) is 0 Å². The zero-order chi connectivity index (χ0) is 14.3. The summed E-state index contributed by atoms with van der Waals surface area (Å²) in [5, 5.41) is 0.689. The Kier molecular flexibility index (Phi) is 2.99. The molecule has 0 unspecified atom stereocenters. The minimum absolute atomic E-state index is 0.151. The lowest BCUT2D eigenvalue weighted by atomic mass is 10.1. The van der Waals surface area contributed by atoms with Gasteiger partial charge in [0, 0.05) is 11.1 Å². The highest BCUT2D eigenvalue weighted by Gasteiger charge is 2.16. The van der Waals surface area contributed by atoms with Crippen LogP contribution in [-0.4, -0.2) is 0 Å². The van der Waals surface area contributed by atoms with E-state index >= 15 is 0 Å². The smallest absolute Gasteiger partial charge is 0.197 e. The molecular weight excluding hydrogens is 274 g/mol. The van der Waals surface area contributed by atoms with E-state index in [9.17, 15) is 4.79 Å². The van der Waals surface area contributed by atoms with Crippen LogP contribution in [0.5, 0.6) is 0 Å². The van der Waals surface area contributed by atoms with Gasteiger partial charge >= 0.3 is 0 Å².